The van der Waals surface area contributed by atoms with Gasteiger partial charge in [0.15, 0.2) is 6.61 Å². The minimum Gasteiger partial charge on any atom is -0.386 e. The molecule has 0 spiro atoms. The molecule has 2 N–H and O–H groups in total. The molecule has 1 aromatic carbocycles. The molecule has 0 aromatic heterocycles. The molecule has 0 heterocycles. The summed E-state index contributed by atoms with van der Waals surface area (Å²) in [5.74, 6) is -0.892. The number of benzene rings is 1. The summed E-state index contributed by atoms with van der Waals surface area (Å²) in [6.45, 7) is -0.267. The van der Waals surface area contributed by atoms with Gasteiger partial charge in [0.05, 0.1) is 4.92 Å². The van der Waals surface area contributed by atoms with Crippen LogP contribution >= 0.6 is 0 Å². The molecule has 1 fully saturated rings. The van der Waals surface area contributed by atoms with Gasteiger partial charge in [-0.25, -0.2) is 0 Å². The molecule has 0 saturated heterocycles. The minimum atomic E-state index is -0.617. The normalized spacial score (nSPS) is 14.9. The second-order valence-electron chi connectivity index (χ2n) is 5.71. The number of non-ortho nitro benzene ring substituents is 1. The largest absolute Gasteiger partial charge is 0.386 e. The zero-order valence-electron chi connectivity index (χ0n) is 13.6. The molecule has 25 heavy (non-hydrogen) atoms. The van der Waals surface area contributed by atoms with Crippen LogP contribution in [0, 0.1) is 10.1 Å². The Balaban J connectivity index is 1.70. The number of amides is 2. The van der Waals surface area contributed by atoms with Crippen LogP contribution in [-0.4, -0.2) is 35.6 Å². The third kappa shape index (κ3) is 6.58. The van der Waals surface area contributed by atoms with E-state index in [-0.39, 0.29) is 29.9 Å². The van der Waals surface area contributed by atoms with E-state index in [9.17, 15) is 19.7 Å². The number of nitrogens with one attached hydrogen (secondary N) is 2. The second-order valence-corrected chi connectivity index (χ2v) is 5.71. The van der Waals surface area contributed by atoms with Crippen molar-refractivity contribution in [1.82, 2.24) is 5.32 Å². The number of nitro groups is 1. The number of hydrogen-bond donors (Lipinski definition) is 2. The summed E-state index contributed by atoms with van der Waals surface area (Å²) < 4.78 is 0. The van der Waals surface area contributed by atoms with Crippen molar-refractivity contribution in [3.8, 4) is 0 Å². The lowest BCUT2D eigenvalue weighted by Gasteiger charge is -2.22. The number of nitro benzene ring substituents is 1. The first-order valence-corrected chi connectivity index (χ1v) is 8.05. The van der Waals surface area contributed by atoms with Gasteiger partial charge in [0.25, 0.3) is 17.5 Å². The number of hydrogen-bond acceptors (Lipinski definition) is 6. The van der Waals surface area contributed by atoms with Crippen molar-refractivity contribution in [1.29, 1.82) is 0 Å². The van der Waals surface area contributed by atoms with Gasteiger partial charge in [-0.1, -0.05) is 30.5 Å². The zero-order chi connectivity index (χ0) is 18.1. The number of nitrogens with zero attached hydrogens (tertiary/aromatic N) is 2. The summed E-state index contributed by atoms with van der Waals surface area (Å²) in [5, 5.41) is 19.4. The van der Waals surface area contributed by atoms with Crippen LogP contribution in [0.2, 0.25) is 0 Å². The molecule has 0 unspecified atom stereocenters. The Bertz CT molecular complexity index is 656. The second kappa shape index (κ2) is 9.36. The molecule has 9 heteroatoms. The third-order valence-corrected chi connectivity index (χ3v) is 3.73. The Morgan fingerprint density at radius 3 is 2.80 bits per heavy atom. The predicted molar refractivity (Wildman–Crippen MR) is 91.2 cm³/mol. The van der Waals surface area contributed by atoms with E-state index in [1.807, 2.05) is 0 Å². The monoisotopic (exact) mass is 348 g/mol. The van der Waals surface area contributed by atoms with Crippen molar-refractivity contribution < 1.29 is 19.3 Å². The molecule has 1 saturated carbocycles. The van der Waals surface area contributed by atoms with Crippen LogP contribution < -0.4 is 10.6 Å². The van der Waals surface area contributed by atoms with Crippen LogP contribution in [-0.2, 0) is 14.4 Å². The standard InChI is InChI=1S/C16H20N4O5/c21-15(19-13-7-4-8-14(9-13)20(23)24)10-17-25-11-16(22)18-12-5-2-1-3-6-12/h4,7-10,12H,1-3,5-6,11H2,(H,18,22)(H,19,21)/b17-10-. The van der Waals surface area contributed by atoms with E-state index < -0.39 is 10.8 Å². The first-order chi connectivity index (χ1) is 12.0. The lowest BCUT2D eigenvalue weighted by atomic mass is 9.95. The Labute approximate surface area is 144 Å². The van der Waals surface area contributed by atoms with Crippen molar-refractivity contribution in [3.63, 3.8) is 0 Å². The average molecular weight is 348 g/mol. The minimum absolute atomic E-state index is 0.134. The summed E-state index contributed by atoms with van der Waals surface area (Å²) >= 11 is 0. The lowest BCUT2D eigenvalue weighted by Crippen LogP contribution is -2.38. The fourth-order valence-electron chi connectivity index (χ4n) is 2.57. The van der Waals surface area contributed by atoms with Crippen molar-refractivity contribution in [3.05, 3.63) is 34.4 Å². The Hall–Kier alpha value is -2.97. The molecule has 0 radical (unpaired) electrons. The first kappa shape index (κ1) is 18.4. The highest BCUT2D eigenvalue weighted by Crippen LogP contribution is 2.17. The van der Waals surface area contributed by atoms with E-state index in [0.717, 1.165) is 31.9 Å². The number of anilines is 1. The van der Waals surface area contributed by atoms with Crippen molar-refractivity contribution >= 4 is 29.4 Å². The number of rotatable bonds is 7. The molecule has 1 aliphatic carbocycles. The van der Waals surface area contributed by atoms with E-state index in [2.05, 4.69) is 15.8 Å². The summed E-state index contributed by atoms with van der Waals surface area (Å²) in [7, 11) is 0. The summed E-state index contributed by atoms with van der Waals surface area (Å²) in [6.07, 6.45) is 6.24. The van der Waals surface area contributed by atoms with Gasteiger partial charge in [-0.3, -0.25) is 19.7 Å². The molecule has 2 rings (SSSR count). The smallest absolute Gasteiger partial charge is 0.271 e. The van der Waals surface area contributed by atoms with Gasteiger partial charge in [0.2, 0.25) is 0 Å². The molecular weight excluding hydrogens is 328 g/mol. The van der Waals surface area contributed by atoms with Crippen molar-refractivity contribution in [2.45, 2.75) is 38.1 Å². The van der Waals surface area contributed by atoms with E-state index in [4.69, 9.17) is 4.84 Å². The average Bonchev–Trinajstić information content (AvgIpc) is 2.60. The molecule has 134 valence electrons. The fourth-order valence-corrected chi connectivity index (χ4v) is 2.57. The molecule has 2 amide bonds. The quantitative estimate of drug-likeness (QED) is 0.443. The molecule has 9 nitrogen and oxygen atoms in total. The van der Waals surface area contributed by atoms with Crippen LogP contribution in [0.1, 0.15) is 32.1 Å². The molecule has 0 bridgehead atoms. The van der Waals surface area contributed by atoms with Gasteiger partial charge in [0.1, 0.15) is 6.21 Å². The maximum atomic E-state index is 11.7. The highest BCUT2D eigenvalue weighted by atomic mass is 16.6. The lowest BCUT2D eigenvalue weighted by molar-refractivity contribution is -0.384. The van der Waals surface area contributed by atoms with E-state index in [1.54, 1.807) is 0 Å². The third-order valence-electron chi connectivity index (χ3n) is 3.73. The van der Waals surface area contributed by atoms with Gasteiger partial charge >= 0.3 is 0 Å². The Morgan fingerprint density at radius 1 is 1.32 bits per heavy atom. The van der Waals surface area contributed by atoms with Crippen molar-refractivity contribution in [2.75, 3.05) is 11.9 Å². The van der Waals surface area contributed by atoms with Crippen LogP contribution in [0.15, 0.2) is 29.4 Å². The number of carbonyl (C=O) groups is 2. The summed E-state index contributed by atoms with van der Waals surface area (Å²) in [4.78, 5) is 38.2. The highest BCUT2D eigenvalue weighted by molar-refractivity contribution is 6.31. The molecule has 1 aliphatic rings. The zero-order valence-corrected chi connectivity index (χ0v) is 13.6. The van der Waals surface area contributed by atoms with Crippen LogP contribution in [0.5, 0.6) is 0 Å². The molecular formula is C16H20N4O5. The Kier molecular flexibility index (Phi) is 6.87. The van der Waals surface area contributed by atoms with Gasteiger partial charge in [-0.15, -0.1) is 0 Å². The summed E-state index contributed by atoms with van der Waals surface area (Å²) in [6, 6.07) is 5.70. The topological polar surface area (TPSA) is 123 Å². The first-order valence-electron chi connectivity index (χ1n) is 8.05. The van der Waals surface area contributed by atoms with Gasteiger partial charge in [-0.2, -0.15) is 0 Å². The molecule has 0 aliphatic heterocycles. The predicted octanol–water partition coefficient (Wildman–Crippen LogP) is 1.98. The van der Waals surface area contributed by atoms with E-state index >= 15 is 0 Å². The highest BCUT2D eigenvalue weighted by Gasteiger charge is 2.15. The van der Waals surface area contributed by atoms with Crippen molar-refractivity contribution in [2.24, 2.45) is 5.16 Å². The van der Waals surface area contributed by atoms with Crippen LogP contribution in [0.25, 0.3) is 0 Å². The van der Waals surface area contributed by atoms with Crippen LogP contribution in [0.4, 0.5) is 11.4 Å². The fraction of sp³-hybridized carbons (Fsp3) is 0.438. The Morgan fingerprint density at radius 2 is 2.08 bits per heavy atom. The SMILES string of the molecule is O=C(/C=N\OCC(=O)NC1CCCCC1)Nc1cccc([N+](=O)[O-])c1. The van der Waals surface area contributed by atoms with Gasteiger partial charge in [0, 0.05) is 23.9 Å². The molecule has 1 aromatic rings. The summed E-state index contributed by atoms with van der Waals surface area (Å²) in [5.41, 5.74) is 0.131. The van der Waals surface area contributed by atoms with Crippen LogP contribution in [0.3, 0.4) is 0 Å². The maximum absolute atomic E-state index is 11.7. The van der Waals surface area contributed by atoms with Gasteiger partial charge < -0.3 is 15.5 Å². The maximum Gasteiger partial charge on any atom is 0.271 e. The van der Waals surface area contributed by atoms with Gasteiger partial charge in [-0.05, 0) is 18.9 Å². The molecule has 0 atom stereocenters. The van der Waals surface area contributed by atoms with E-state index in [1.165, 1.54) is 30.7 Å². The van der Waals surface area contributed by atoms with E-state index in [0.29, 0.717) is 0 Å². The number of oxime groups is 1. The number of carbonyl (C=O) groups excluding carboxylic acids is 2.